The molecule has 0 fully saturated rings. The van der Waals surface area contributed by atoms with Crippen LogP contribution in [-0.2, 0) is 0 Å². The molecule has 0 aliphatic heterocycles. The van der Waals surface area contributed by atoms with Crippen molar-refractivity contribution >= 4 is 5.91 Å². The fraction of sp³-hybridized carbons (Fsp3) is 0.462. The zero-order valence-electron chi connectivity index (χ0n) is 10.9. The van der Waals surface area contributed by atoms with E-state index in [0.29, 0.717) is 31.5 Å². The van der Waals surface area contributed by atoms with E-state index in [9.17, 15) is 18.0 Å². The number of carbonyl (C=O) groups is 1. The Morgan fingerprint density at radius 1 is 1.32 bits per heavy atom. The average Bonchev–Trinajstić information content (AvgIpc) is 2.35. The quantitative estimate of drug-likeness (QED) is 0.810. The van der Waals surface area contributed by atoms with Crippen LogP contribution in [0.2, 0.25) is 0 Å². The van der Waals surface area contributed by atoms with E-state index in [1.807, 2.05) is 6.92 Å². The van der Waals surface area contributed by atoms with Gasteiger partial charge < -0.3 is 11.1 Å². The number of halogens is 3. The molecule has 0 radical (unpaired) electrons. The molecule has 1 amide bonds. The topological polar surface area (TPSA) is 55.1 Å². The lowest BCUT2D eigenvalue weighted by Gasteiger charge is -2.29. The highest BCUT2D eigenvalue weighted by Gasteiger charge is 2.25. The Morgan fingerprint density at radius 3 is 2.26 bits per heavy atom. The van der Waals surface area contributed by atoms with Gasteiger partial charge in [0.2, 0.25) is 0 Å². The maximum Gasteiger partial charge on any atom is 0.251 e. The predicted octanol–water partition coefficient (Wildman–Crippen LogP) is 2.35. The molecule has 0 spiro atoms. The SMILES string of the molecule is CCC(C)(CCN)NC(=O)c1cc(F)c(F)c(F)c1. The largest absolute Gasteiger partial charge is 0.347 e. The van der Waals surface area contributed by atoms with E-state index in [4.69, 9.17) is 5.73 Å². The third kappa shape index (κ3) is 3.70. The van der Waals surface area contributed by atoms with E-state index in [0.717, 1.165) is 0 Å². The molecule has 1 aromatic carbocycles. The lowest BCUT2D eigenvalue weighted by Crippen LogP contribution is -2.46. The minimum Gasteiger partial charge on any atom is -0.347 e. The third-order valence-electron chi connectivity index (χ3n) is 3.14. The number of carbonyl (C=O) groups excluding carboxylic acids is 1. The number of rotatable bonds is 5. The van der Waals surface area contributed by atoms with E-state index in [-0.39, 0.29) is 5.56 Å². The molecule has 0 saturated heterocycles. The summed E-state index contributed by atoms with van der Waals surface area (Å²) in [5.74, 6) is -5.02. The molecule has 0 heterocycles. The van der Waals surface area contributed by atoms with Crippen LogP contribution < -0.4 is 11.1 Å². The molecule has 6 heteroatoms. The molecule has 0 bridgehead atoms. The van der Waals surface area contributed by atoms with Crippen molar-refractivity contribution in [2.45, 2.75) is 32.2 Å². The maximum absolute atomic E-state index is 13.0. The average molecular weight is 274 g/mol. The van der Waals surface area contributed by atoms with Gasteiger partial charge in [-0.05, 0) is 38.4 Å². The Labute approximate surface area is 110 Å². The van der Waals surface area contributed by atoms with Crippen molar-refractivity contribution in [2.75, 3.05) is 6.54 Å². The number of nitrogens with two attached hydrogens (primary N) is 1. The van der Waals surface area contributed by atoms with Gasteiger partial charge in [-0.2, -0.15) is 0 Å². The van der Waals surface area contributed by atoms with Gasteiger partial charge in [0.05, 0.1) is 0 Å². The van der Waals surface area contributed by atoms with Crippen LogP contribution in [0.25, 0.3) is 0 Å². The van der Waals surface area contributed by atoms with Crippen LogP contribution in [0.1, 0.15) is 37.0 Å². The summed E-state index contributed by atoms with van der Waals surface area (Å²) in [6.07, 6.45) is 1.14. The van der Waals surface area contributed by atoms with Crippen LogP contribution in [-0.4, -0.2) is 18.0 Å². The molecule has 106 valence electrons. The van der Waals surface area contributed by atoms with Crippen molar-refractivity contribution in [1.29, 1.82) is 0 Å². The van der Waals surface area contributed by atoms with Gasteiger partial charge in [0.25, 0.3) is 5.91 Å². The molecule has 1 rings (SSSR count). The smallest absolute Gasteiger partial charge is 0.251 e. The molecule has 1 aromatic rings. The van der Waals surface area contributed by atoms with Crippen LogP contribution in [0.15, 0.2) is 12.1 Å². The first-order chi connectivity index (χ1) is 8.83. The van der Waals surface area contributed by atoms with Crippen molar-refractivity contribution in [2.24, 2.45) is 5.73 Å². The summed E-state index contributed by atoms with van der Waals surface area (Å²) < 4.78 is 38.9. The number of nitrogens with one attached hydrogen (secondary N) is 1. The van der Waals surface area contributed by atoms with Crippen molar-refractivity contribution in [3.8, 4) is 0 Å². The summed E-state index contributed by atoms with van der Waals surface area (Å²) in [6, 6.07) is 1.35. The van der Waals surface area contributed by atoms with Crippen LogP contribution in [0.5, 0.6) is 0 Å². The van der Waals surface area contributed by atoms with Gasteiger partial charge in [0, 0.05) is 11.1 Å². The minimum absolute atomic E-state index is 0.256. The van der Waals surface area contributed by atoms with Gasteiger partial charge in [-0.3, -0.25) is 4.79 Å². The maximum atomic E-state index is 13.0. The van der Waals surface area contributed by atoms with E-state index < -0.39 is 28.9 Å². The van der Waals surface area contributed by atoms with E-state index in [2.05, 4.69) is 5.32 Å². The third-order valence-corrected chi connectivity index (χ3v) is 3.14. The monoisotopic (exact) mass is 274 g/mol. The van der Waals surface area contributed by atoms with Crippen LogP contribution in [0.4, 0.5) is 13.2 Å². The second kappa shape index (κ2) is 6.06. The molecule has 1 unspecified atom stereocenters. The first-order valence-corrected chi connectivity index (χ1v) is 6.00. The highest BCUT2D eigenvalue weighted by Crippen LogP contribution is 2.17. The van der Waals surface area contributed by atoms with Gasteiger partial charge >= 0.3 is 0 Å². The Kier molecular flexibility index (Phi) is 4.94. The molecule has 3 nitrogen and oxygen atoms in total. The highest BCUT2D eigenvalue weighted by atomic mass is 19.2. The van der Waals surface area contributed by atoms with Gasteiger partial charge in [0.15, 0.2) is 17.5 Å². The van der Waals surface area contributed by atoms with Crippen LogP contribution in [0.3, 0.4) is 0 Å². The molecule has 0 aliphatic rings. The fourth-order valence-corrected chi connectivity index (χ4v) is 1.68. The molecule has 0 aromatic heterocycles. The zero-order chi connectivity index (χ0) is 14.6. The van der Waals surface area contributed by atoms with E-state index in [1.165, 1.54) is 0 Å². The summed E-state index contributed by atoms with van der Waals surface area (Å²) in [4.78, 5) is 11.9. The fourth-order valence-electron chi connectivity index (χ4n) is 1.68. The zero-order valence-corrected chi connectivity index (χ0v) is 10.9. The first-order valence-electron chi connectivity index (χ1n) is 6.00. The van der Waals surface area contributed by atoms with Gasteiger partial charge in [-0.25, -0.2) is 13.2 Å². The second-order valence-corrected chi connectivity index (χ2v) is 4.66. The van der Waals surface area contributed by atoms with Crippen molar-refractivity contribution in [3.05, 3.63) is 35.1 Å². The minimum atomic E-state index is -1.59. The summed E-state index contributed by atoms with van der Waals surface area (Å²) in [6.45, 7) is 4.02. The van der Waals surface area contributed by atoms with E-state index in [1.54, 1.807) is 6.92 Å². The number of benzene rings is 1. The lowest BCUT2D eigenvalue weighted by atomic mass is 9.94. The van der Waals surface area contributed by atoms with Crippen LogP contribution in [0, 0.1) is 17.5 Å². The molecular formula is C13H17F3N2O. The number of amides is 1. The lowest BCUT2D eigenvalue weighted by molar-refractivity contribution is 0.0898. The Balaban J connectivity index is 2.95. The second-order valence-electron chi connectivity index (χ2n) is 4.66. The predicted molar refractivity (Wildman–Crippen MR) is 66.1 cm³/mol. The Morgan fingerprint density at radius 2 is 1.84 bits per heavy atom. The molecule has 19 heavy (non-hydrogen) atoms. The Hall–Kier alpha value is -1.56. The van der Waals surface area contributed by atoms with Crippen molar-refractivity contribution in [1.82, 2.24) is 5.32 Å². The van der Waals surface area contributed by atoms with Gasteiger partial charge in [-0.1, -0.05) is 6.92 Å². The number of hydrogen-bond acceptors (Lipinski definition) is 2. The van der Waals surface area contributed by atoms with Gasteiger partial charge in [-0.15, -0.1) is 0 Å². The van der Waals surface area contributed by atoms with Gasteiger partial charge in [0.1, 0.15) is 0 Å². The summed E-state index contributed by atoms with van der Waals surface area (Å²) in [7, 11) is 0. The van der Waals surface area contributed by atoms with E-state index >= 15 is 0 Å². The summed E-state index contributed by atoms with van der Waals surface area (Å²) in [5, 5.41) is 2.66. The van der Waals surface area contributed by atoms with Crippen molar-refractivity contribution in [3.63, 3.8) is 0 Å². The summed E-state index contributed by atoms with van der Waals surface area (Å²) in [5.41, 5.74) is 4.63. The normalized spacial score (nSPS) is 14.0. The summed E-state index contributed by atoms with van der Waals surface area (Å²) >= 11 is 0. The molecule has 0 saturated carbocycles. The molecule has 1 atom stereocenters. The van der Waals surface area contributed by atoms with Crippen LogP contribution >= 0.6 is 0 Å². The van der Waals surface area contributed by atoms with Crippen molar-refractivity contribution < 1.29 is 18.0 Å². The molecular weight excluding hydrogens is 257 g/mol. The molecule has 3 N–H and O–H groups in total. The first kappa shape index (κ1) is 15.5. The molecule has 0 aliphatic carbocycles. The highest BCUT2D eigenvalue weighted by molar-refractivity contribution is 5.94. The number of hydrogen-bond donors (Lipinski definition) is 2. The Bertz CT molecular complexity index is 456. The standard InChI is InChI=1S/C13H17F3N2O/c1-3-13(2,4-5-17)18-12(19)8-6-9(14)11(16)10(15)7-8/h6-7H,3-5,17H2,1-2H3,(H,18,19).